The molecular formula is C24H35N5O. The molecule has 0 unspecified atom stereocenters. The number of carbonyl (C=O) groups is 1. The number of hydrogen-bond acceptors (Lipinski definition) is 4. The molecule has 0 saturated heterocycles. The zero-order chi connectivity index (χ0) is 20.7. The molecule has 2 heterocycles. The molecule has 6 heteroatoms. The highest BCUT2D eigenvalue weighted by atomic mass is 16.2. The summed E-state index contributed by atoms with van der Waals surface area (Å²) in [6.07, 6.45) is 14.6. The highest BCUT2D eigenvalue weighted by Gasteiger charge is 2.43. The lowest BCUT2D eigenvalue weighted by Gasteiger charge is -2.44. The second kappa shape index (κ2) is 8.27. The highest BCUT2D eigenvalue weighted by Crippen LogP contribution is 2.43. The Balaban J connectivity index is 1.37. The first-order valence-corrected chi connectivity index (χ1v) is 12.1. The van der Waals surface area contributed by atoms with Gasteiger partial charge in [-0.05, 0) is 57.4 Å². The van der Waals surface area contributed by atoms with Crippen LogP contribution < -0.4 is 0 Å². The zero-order valence-corrected chi connectivity index (χ0v) is 18.5. The Bertz CT molecular complexity index is 912. The predicted molar refractivity (Wildman–Crippen MR) is 116 cm³/mol. The second-order valence-electron chi connectivity index (χ2n) is 9.90. The average molecular weight is 410 g/mol. The van der Waals surface area contributed by atoms with Crippen molar-refractivity contribution in [2.45, 2.75) is 103 Å². The van der Waals surface area contributed by atoms with E-state index in [-0.39, 0.29) is 5.91 Å². The molecule has 162 valence electrons. The Morgan fingerprint density at radius 3 is 2.50 bits per heavy atom. The summed E-state index contributed by atoms with van der Waals surface area (Å²) in [7, 11) is 0. The van der Waals surface area contributed by atoms with E-state index in [1.807, 2.05) is 19.9 Å². The van der Waals surface area contributed by atoms with Crippen LogP contribution in [0.5, 0.6) is 0 Å². The molecule has 0 N–H and O–H groups in total. The molecular weight excluding hydrogens is 374 g/mol. The molecule has 1 amide bonds. The minimum absolute atomic E-state index is 0.232. The number of aromatic nitrogens is 4. The minimum Gasteiger partial charge on any atom is -0.336 e. The van der Waals surface area contributed by atoms with Crippen molar-refractivity contribution in [1.29, 1.82) is 0 Å². The van der Waals surface area contributed by atoms with E-state index in [0.717, 1.165) is 30.1 Å². The van der Waals surface area contributed by atoms with E-state index in [9.17, 15) is 4.79 Å². The van der Waals surface area contributed by atoms with Gasteiger partial charge in [0.1, 0.15) is 0 Å². The van der Waals surface area contributed by atoms with Gasteiger partial charge in [0.15, 0.2) is 5.82 Å². The van der Waals surface area contributed by atoms with E-state index in [1.165, 1.54) is 57.8 Å². The molecule has 6 nitrogen and oxygen atoms in total. The molecule has 5 rings (SSSR count). The summed E-state index contributed by atoms with van der Waals surface area (Å²) in [6, 6.07) is 2.88. The van der Waals surface area contributed by atoms with Gasteiger partial charge < -0.3 is 4.90 Å². The molecule has 30 heavy (non-hydrogen) atoms. The average Bonchev–Trinajstić information content (AvgIpc) is 3.48. The van der Waals surface area contributed by atoms with Crippen LogP contribution >= 0.6 is 0 Å². The van der Waals surface area contributed by atoms with Crippen LogP contribution in [0.4, 0.5) is 0 Å². The molecule has 3 saturated carbocycles. The smallest absolute Gasteiger partial charge is 0.252 e. The fraction of sp³-hybridized carbons (Fsp3) is 0.750. The van der Waals surface area contributed by atoms with Gasteiger partial charge in [0, 0.05) is 23.5 Å². The van der Waals surface area contributed by atoms with E-state index in [4.69, 9.17) is 0 Å². The predicted octanol–water partition coefficient (Wildman–Crippen LogP) is 4.41. The number of fused-ring (bicyclic) bond motifs is 1. The van der Waals surface area contributed by atoms with Crippen molar-refractivity contribution in [3.63, 3.8) is 0 Å². The van der Waals surface area contributed by atoms with E-state index >= 15 is 0 Å². The van der Waals surface area contributed by atoms with Gasteiger partial charge >= 0.3 is 0 Å². The molecule has 0 aromatic carbocycles. The number of amides is 1. The third-order valence-electron chi connectivity index (χ3n) is 7.59. The monoisotopic (exact) mass is 409 g/mol. The van der Waals surface area contributed by atoms with Crippen molar-refractivity contribution in [3.05, 3.63) is 23.3 Å². The van der Waals surface area contributed by atoms with Crippen LogP contribution in [0.25, 0.3) is 5.78 Å². The molecule has 2 atom stereocenters. The second-order valence-corrected chi connectivity index (χ2v) is 9.90. The van der Waals surface area contributed by atoms with E-state index in [1.54, 1.807) is 4.52 Å². The van der Waals surface area contributed by atoms with Crippen molar-refractivity contribution >= 4 is 11.7 Å². The Morgan fingerprint density at radius 2 is 1.73 bits per heavy atom. The van der Waals surface area contributed by atoms with Crippen molar-refractivity contribution in [2.75, 3.05) is 0 Å². The number of carbonyl (C=O) groups excluding carboxylic acids is 1. The van der Waals surface area contributed by atoms with Crippen molar-refractivity contribution in [3.8, 4) is 0 Å². The fourth-order valence-corrected chi connectivity index (χ4v) is 6.12. The maximum atomic E-state index is 13.6. The lowest BCUT2D eigenvalue weighted by atomic mass is 9.70. The van der Waals surface area contributed by atoms with Crippen LogP contribution in [0.1, 0.15) is 87.8 Å². The normalized spacial score (nSPS) is 25.5. The van der Waals surface area contributed by atoms with Crippen LogP contribution in [0.15, 0.2) is 6.07 Å². The topological polar surface area (TPSA) is 63.4 Å². The lowest BCUT2D eigenvalue weighted by Crippen LogP contribution is -2.50. The molecule has 3 aliphatic carbocycles. The lowest BCUT2D eigenvalue weighted by molar-refractivity contribution is -0.136. The van der Waals surface area contributed by atoms with Gasteiger partial charge in [0.25, 0.3) is 5.78 Å². The number of hydrogen-bond donors (Lipinski definition) is 0. The SMILES string of the molecule is Cc1cc(C)n2nc(CC(=O)N(C3CC3)[C@@H]3CCCC[C@H]3C3CCCCC3)nc2n1. The van der Waals surface area contributed by atoms with Gasteiger partial charge in [-0.15, -0.1) is 5.10 Å². The van der Waals surface area contributed by atoms with Gasteiger partial charge in [0.05, 0.1) is 6.42 Å². The summed E-state index contributed by atoms with van der Waals surface area (Å²) in [5.74, 6) is 2.96. The summed E-state index contributed by atoms with van der Waals surface area (Å²) >= 11 is 0. The Morgan fingerprint density at radius 1 is 1.00 bits per heavy atom. The summed E-state index contributed by atoms with van der Waals surface area (Å²) < 4.78 is 1.77. The van der Waals surface area contributed by atoms with Gasteiger partial charge in [0.2, 0.25) is 5.91 Å². The molecule has 3 aliphatic rings. The van der Waals surface area contributed by atoms with Crippen LogP contribution in [0, 0.1) is 25.7 Å². The maximum absolute atomic E-state index is 13.6. The standard InChI is InChI=1S/C24H35N5O/c1-16-14-17(2)29-24(25-16)26-22(27-29)15-23(30)28(19-12-13-19)21-11-7-6-10-20(21)18-8-4-3-5-9-18/h14,18-21H,3-13,15H2,1-2H3/t20-,21+/m0/s1. The summed E-state index contributed by atoms with van der Waals surface area (Å²) in [6.45, 7) is 3.98. The summed E-state index contributed by atoms with van der Waals surface area (Å²) in [5, 5.41) is 4.61. The van der Waals surface area contributed by atoms with Gasteiger partial charge in [-0.25, -0.2) is 9.50 Å². The van der Waals surface area contributed by atoms with Crippen LogP contribution in [-0.2, 0) is 11.2 Å². The first-order valence-electron chi connectivity index (χ1n) is 12.1. The highest BCUT2D eigenvalue weighted by molar-refractivity contribution is 5.79. The third-order valence-corrected chi connectivity index (χ3v) is 7.59. The number of nitrogens with zero attached hydrogens (tertiary/aromatic N) is 5. The van der Waals surface area contributed by atoms with Crippen molar-refractivity contribution < 1.29 is 4.79 Å². The van der Waals surface area contributed by atoms with Crippen LogP contribution in [0.3, 0.4) is 0 Å². The van der Waals surface area contributed by atoms with E-state index in [0.29, 0.717) is 36.0 Å². The van der Waals surface area contributed by atoms with Crippen LogP contribution in [-0.4, -0.2) is 42.5 Å². The van der Waals surface area contributed by atoms with Gasteiger partial charge in [-0.3, -0.25) is 4.79 Å². The first kappa shape index (κ1) is 20.0. The largest absolute Gasteiger partial charge is 0.336 e. The summed E-state index contributed by atoms with van der Waals surface area (Å²) in [5.41, 5.74) is 1.94. The van der Waals surface area contributed by atoms with E-state index < -0.39 is 0 Å². The number of aryl methyl sites for hydroxylation is 2. The Hall–Kier alpha value is -1.98. The number of rotatable bonds is 5. The summed E-state index contributed by atoms with van der Waals surface area (Å²) in [4.78, 5) is 24.9. The maximum Gasteiger partial charge on any atom is 0.252 e. The molecule has 2 aromatic rings. The molecule has 0 bridgehead atoms. The molecule has 0 radical (unpaired) electrons. The van der Waals surface area contributed by atoms with Crippen molar-refractivity contribution in [1.82, 2.24) is 24.5 Å². The molecule has 2 aromatic heterocycles. The Labute approximate surface area is 179 Å². The fourth-order valence-electron chi connectivity index (χ4n) is 6.12. The van der Waals surface area contributed by atoms with Crippen molar-refractivity contribution in [2.24, 2.45) is 11.8 Å². The third kappa shape index (κ3) is 3.97. The molecule has 0 aliphatic heterocycles. The Kier molecular flexibility index (Phi) is 5.50. The molecule has 3 fully saturated rings. The van der Waals surface area contributed by atoms with Crippen LogP contribution in [0.2, 0.25) is 0 Å². The first-order chi connectivity index (χ1) is 14.6. The van der Waals surface area contributed by atoms with Gasteiger partial charge in [-0.2, -0.15) is 4.98 Å². The zero-order valence-electron chi connectivity index (χ0n) is 18.5. The van der Waals surface area contributed by atoms with E-state index in [2.05, 4.69) is 20.0 Å². The quantitative estimate of drug-likeness (QED) is 0.734. The van der Waals surface area contributed by atoms with Gasteiger partial charge in [-0.1, -0.05) is 44.9 Å². The minimum atomic E-state index is 0.232. The molecule has 0 spiro atoms.